The van der Waals surface area contributed by atoms with Crippen molar-refractivity contribution in [1.82, 2.24) is 24.3 Å². The highest BCUT2D eigenvalue weighted by Gasteiger charge is 2.32. The van der Waals surface area contributed by atoms with Gasteiger partial charge in [-0.1, -0.05) is 12.1 Å². The summed E-state index contributed by atoms with van der Waals surface area (Å²) in [5, 5.41) is 9.56. The monoisotopic (exact) mass is 548 g/mol. The van der Waals surface area contributed by atoms with E-state index in [2.05, 4.69) is 25.3 Å². The average molecular weight is 549 g/mol. The number of aromatic amines is 1. The van der Waals surface area contributed by atoms with Crippen molar-refractivity contribution in [3.8, 4) is 0 Å². The van der Waals surface area contributed by atoms with Gasteiger partial charge in [0.1, 0.15) is 17.5 Å². The van der Waals surface area contributed by atoms with Crippen LogP contribution in [-0.2, 0) is 29.5 Å². The van der Waals surface area contributed by atoms with Gasteiger partial charge in [0.2, 0.25) is 10.0 Å². The third kappa shape index (κ3) is 5.32. The number of piperazine rings is 1. The molecule has 0 unspecified atom stereocenters. The Labute approximate surface area is 218 Å². The second kappa shape index (κ2) is 10.5. The van der Waals surface area contributed by atoms with Crippen molar-refractivity contribution in [1.29, 1.82) is 0 Å². The Bertz CT molecular complexity index is 1450. The second-order valence-electron chi connectivity index (χ2n) is 9.53. The van der Waals surface area contributed by atoms with Gasteiger partial charge in [-0.2, -0.15) is 9.40 Å². The first-order valence-corrected chi connectivity index (χ1v) is 13.6. The molecule has 0 atom stereocenters. The van der Waals surface area contributed by atoms with Crippen molar-refractivity contribution in [2.45, 2.75) is 24.4 Å². The molecule has 1 fully saturated rings. The molecule has 1 amide bonds. The zero-order valence-corrected chi connectivity index (χ0v) is 21.5. The van der Waals surface area contributed by atoms with Gasteiger partial charge >= 0.3 is 0 Å². The number of aromatic nitrogens is 2. The number of carbonyl (C=O) groups is 1. The first kappa shape index (κ1) is 26.4. The number of nitrogens with one attached hydrogen (secondary N) is 2. The van der Waals surface area contributed by atoms with E-state index in [4.69, 9.17) is 0 Å². The Balaban J connectivity index is 1.36. The van der Waals surface area contributed by atoms with Gasteiger partial charge in [-0.05, 0) is 30.8 Å². The summed E-state index contributed by atoms with van der Waals surface area (Å²) >= 11 is 0. The van der Waals surface area contributed by atoms with E-state index in [1.165, 1.54) is 6.07 Å². The van der Waals surface area contributed by atoms with E-state index < -0.39 is 38.3 Å². The van der Waals surface area contributed by atoms with E-state index in [1.807, 2.05) is 7.05 Å². The zero-order chi connectivity index (χ0) is 27.0. The number of rotatable bonds is 6. The Kier molecular flexibility index (Phi) is 7.27. The zero-order valence-electron chi connectivity index (χ0n) is 20.7. The summed E-state index contributed by atoms with van der Waals surface area (Å²) in [6.07, 6.45) is 0.240. The van der Waals surface area contributed by atoms with Crippen LogP contribution in [0.25, 0.3) is 0 Å². The third-order valence-electron chi connectivity index (χ3n) is 6.92. The van der Waals surface area contributed by atoms with Crippen LogP contribution in [0, 0.1) is 17.5 Å². The maximum absolute atomic E-state index is 14.9. The maximum Gasteiger partial charge on any atom is 0.260 e. The number of amides is 1. The van der Waals surface area contributed by atoms with Crippen LogP contribution in [0.3, 0.4) is 0 Å². The summed E-state index contributed by atoms with van der Waals surface area (Å²) in [4.78, 5) is 17.1. The minimum absolute atomic E-state index is 0.0472. The lowest BCUT2D eigenvalue weighted by atomic mass is 10.0. The number of nitrogens with zero attached hydrogens (tertiary/aromatic N) is 4. The molecule has 2 N–H and O–H groups in total. The Morgan fingerprint density at radius 1 is 1.05 bits per heavy atom. The van der Waals surface area contributed by atoms with E-state index in [1.54, 1.807) is 12.1 Å². The topological polar surface area (TPSA) is 102 Å². The second-order valence-corrected chi connectivity index (χ2v) is 11.5. The predicted octanol–water partition coefficient (Wildman–Crippen LogP) is 2.57. The van der Waals surface area contributed by atoms with Gasteiger partial charge in [0.15, 0.2) is 5.82 Å². The van der Waals surface area contributed by atoms with Gasteiger partial charge in [-0.15, -0.1) is 0 Å². The van der Waals surface area contributed by atoms with Crippen molar-refractivity contribution in [2.24, 2.45) is 0 Å². The fourth-order valence-electron chi connectivity index (χ4n) is 4.78. The minimum atomic E-state index is -4.23. The van der Waals surface area contributed by atoms with Crippen LogP contribution in [0.15, 0.2) is 41.3 Å². The Morgan fingerprint density at radius 3 is 2.47 bits per heavy atom. The highest BCUT2D eigenvalue weighted by atomic mass is 32.2. The van der Waals surface area contributed by atoms with Crippen LogP contribution in [0.1, 0.15) is 27.2 Å². The number of halogens is 3. The Hall–Kier alpha value is -3.26. The summed E-state index contributed by atoms with van der Waals surface area (Å²) in [7, 11) is -2.20. The largest absolute Gasteiger partial charge is 0.305 e. The van der Waals surface area contributed by atoms with Crippen molar-refractivity contribution in [2.75, 3.05) is 45.1 Å². The molecule has 3 aromatic rings. The van der Waals surface area contributed by atoms with Crippen LogP contribution in [0.2, 0.25) is 0 Å². The summed E-state index contributed by atoms with van der Waals surface area (Å²) in [5.41, 5.74) is 1.46. The molecule has 0 aliphatic carbocycles. The number of hydrogen-bond acceptors (Lipinski definition) is 6. The number of sulfonamides is 1. The average Bonchev–Trinajstić information content (AvgIpc) is 3.26. The summed E-state index contributed by atoms with van der Waals surface area (Å²) in [5.74, 6) is -3.31. The molecule has 1 saturated heterocycles. The van der Waals surface area contributed by atoms with Gasteiger partial charge in [-0.25, -0.2) is 21.6 Å². The molecule has 9 nitrogen and oxygen atoms in total. The van der Waals surface area contributed by atoms with E-state index in [9.17, 15) is 26.4 Å². The van der Waals surface area contributed by atoms with Gasteiger partial charge in [-0.3, -0.25) is 14.8 Å². The molecular weight excluding hydrogens is 521 g/mol. The number of carbonyl (C=O) groups excluding carboxylic acids is 1. The van der Waals surface area contributed by atoms with Crippen LogP contribution in [-0.4, -0.2) is 78.4 Å². The lowest BCUT2D eigenvalue weighted by molar-refractivity contribution is 0.101. The summed E-state index contributed by atoms with van der Waals surface area (Å²) < 4.78 is 69.5. The molecule has 2 aliphatic rings. The fourth-order valence-corrected chi connectivity index (χ4v) is 6.23. The number of hydrogen-bond donors (Lipinski definition) is 2. The van der Waals surface area contributed by atoms with Crippen molar-refractivity contribution in [3.05, 3.63) is 76.2 Å². The quantitative estimate of drug-likeness (QED) is 0.491. The van der Waals surface area contributed by atoms with E-state index in [-0.39, 0.29) is 30.9 Å². The van der Waals surface area contributed by atoms with E-state index >= 15 is 0 Å². The maximum atomic E-state index is 14.9. The third-order valence-corrected chi connectivity index (χ3v) is 8.74. The normalized spacial score (nSPS) is 17.4. The lowest BCUT2D eigenvalue weighted by Crippen LogP contribution is -2.44. The Morgan fingerprint density at radius 2 is 1.76 bits per heavy atom. The van der Waals surface area contributed by atoms with E-state index in [0.29, 0.717) is 29.4 Å². The predicted molar refractivity (Wildman–Crippen MR) is 133 cm³/mol. The standard InChI is InChI=1S/C25H27F3N6O3S/c1-32-7-9-33(10-8-32)14-16-3-2-4-21(28)23(16)25(35)29-24-20-15-34(6-5-22(20)30-31-24)38(36,37)19-12-17(26)11-18(27)13-19/h2-4,11-13H,5-10,14-15H2,1H3,(H2,29,30,31,35). The van der Waals surface area contributed by atoms with Gasteiger partial charge in [0.05, 0.1) is 10.5 Å². The SMILES string of the molecule is CN1CCN(Cc2cccc(F)c2C(=O)Nc2n[nH]c3c2CN(S(=O)(=O)c2cc(F)cc(F)c2)CC3)CC1. The molecule has 0 spiro atoms. The highest BCUT2D eigenvalue weighted by Crippen LogP contribution is 2.29. The molecule has 0 bridgehead atoms. The molecule has 0 saturated carbocycles. The molecule has 38 heavy (non-hydrogen) atoms. The van der Waals surface area contributed by atoms with Crippen LogP contribution < -0.4 is 5.32 Å². The van der Waals surface area contributed by atoms with Crippen molar-refractivity contribution in [3.63, 3.8) is 0 Å². The van der Waals surface area contributed by atoms with Gasteiger partial charge in [0, 0.05) is 69.6 Å². The number of benzene rings is 2. The number of fused-ring (bicyclic) bond motifs is 1. The van der Waals surface area contributed by atoms with Gasteiger partial charge < -0.3 is 10.2 Å². The highest BCUT2D eigenvalue weighted by molar-refractivity contribution is 7.89. The number of anilines is 1. The minimum Gasteiger partial charge on any atom is -0.305 e. The summed E-state index contributed by atoms with van der Waals surface area (Å²) in [6.45, 7) is 3.60. The molecule has 5 rings (SSSR count). The van der Waals surface area contributed by atoms with Crippen LogP contribution >= 0.6 is 0 Å². The molecule has 202 valence electrons. The first-order valence-electron chi connectivity index (χ1n) is 12.1. The van der Waals surface area contributed by atoms with Crippen molar-refractivity contribution < 1.29 is 26.4 Å². The molecule has 2 aromatic carbocycles. The van der Waals surface area contributed by atoms with Crippen molar-refractivity contribution >= 4 is 21.7 Å². The number of likely N-dealkylation sites (N-methyl/N-ethyl adjacent to an activating group) is 1. The van der Waals surface area contributed by atoms with Crippen LogP contribution in [0.5, 0.6) is 0 Å². The molecular formula is C25H27F3N6O3S. The summed E-state index contributed by atoms with van der Waals surface area (Å²) in [6, 6.07) is 6.60. The lowest BCUT2D eigenvalue weighted by Gasteiger charge is -2.32. The molecule has 13 heteroatoms. The first-order chi connectivity index (χ1) is 18.1. The molecule has 2 aliphatic heterocycles. The molecule has 1 aromatic heterocycles. The fraction of sp³-hybridized carbons (Fsp3) is 0.360. The molecule has 0 radical (unpaired) electrons. The molecule has 3 heterocycles. The van der Waals surface area contributed by atoms with Crippen LogP contribution in [0.4, 0.5) is 19.0 Å². The van der Waals surface area contributed by atoms with Gasteiger partial charge in [0.25, 0.3) is 5.91 Å². The van der Waals surface area contributed by atoms with E-state index in [0.717, 1.165) is 42.6 Å². The smallest absolute Gasteiger partial charge is 0.260 e. The number of H-pyrrole nitrogens is 1.